The summed E-state index contributed by atoms with van der Waals surface area (Å²) in [6.07, 6.45) is 6.47. The second kappa shape index (κ2) is 7.81. The van der Waals surface area contributed by atoms with Gasteiger partial charge in [-0.15, -0.1) is 0 Å². The van der Waals surface area contributed by atoms with Gasteiger partial charge in [-0.05, 0) is 50.7 Å². The first-order valence-electron chi connectivity index (χ1n) is 8.68. The number of likely N-dealkylation sites (tertiary alicyclic amines) is 1. The highest BCUT2D eigenvalue weighted by molar-refractivity contribution is 5.37. The summed E-state index contributed by atoms with van der Waals surface area (Å²) in [4.78, 5) is 9.21. The van der Waals surface area contributed by atoms with Crippen LogP contribution >= 0.6 is 0 Å². The van der Waals surface area contributed by atoms with E-state index >= 15 is 0 Å². The first-order valence-corrected chi connectivity index (χ1v) is 8.68. The highest BCUT2D eigenvalue weighted by Gasteiger charge is 2.15. The Morgan fingerprint density at radius 3 is 2.67 bits per heavy atom. The molecule has 0 radical (unpaired) electrons. The molecule has 0 N–H and O–H groups in total. The van der Waals surface area contributed by atoms with Gasteiger partial charge in [-0.2, -0.15) is 0 Å². The van der Waals surface area contributed by atoms with E-state index in [4.69, 9.17) is 4.74 Å². The van der Waals surface area contributed by atoms with Gasteiger partial charge in [0.1, 0.15) is 11.6 Å². The number of imidazole rings is 1. The minimum Gasteiger partial charge on any atom is -0.496 e. The van der Waals surface area contributed by atoms with Crippen molar-refractivity contribution >= 4 is 0 Å². The summed E-state index contributed by atoms with van der Waals surface area (Å²) in [6, 6.07) is 6.57. The maximum Gasteiger partial charge on any atom is 0.123 e. The lowest BCUT2D eigenvalue weighted by Gasteiger charge is -2.20. The van der Waals surface area contributed by atoms with Gasteiger partial charge in [0.25, 0.3) is 0 Å². The number of hydrogen-bond donors (Lipinski definition) is 0. The number of methoxy groups -OCH3 is 1. The average Bonchev–Trinajstić information content (AvgIpc) is 3.20. The molecule has 1 fully saturated rings. The number of ether oxygens (including phenoxy) is 1. The van der Waals surface area contributed by atoms with Crippen molar-refractivity contribution in [3.63, 3.8) is 0 Å². The van der Waals surface area contributed by atoms with Crippen molar-refractivity contribution in [3.05, 3.63) is 47.5 Å². The van der Waals surface area contributed by atoms with Crippen LogP contribution in [0.3, 0.4) is 0 Å². The molecule has 1 aromatic carbocycles. The summed E-state index contributed by atoms with van der Waals surface area (Å²) < 4.78 is 7.64. The van der Waals surface area contributed by atoms with Crippen molar-refractivity contribution < 1.29 is 4.74 Å². The summed E-state index contributed by atoms with van der Waals surface area (Å²) in [6.45, 7) is 5.14. The first-order chi connectivity index (χ1) is 11.7. The normalized spacial score (nSPS) is 15.3. The Kier molecular flexibility index (Phi) is 5.53. The fraction of sp³-hybridized carbons (Fsp3) is 0.526. The summed E-state index contributed by atoms with van der Waals surface area (Å²) >= 11 is 0. The largest absolute Gasteiger partial charge is 0.496 e. The summed E-state index contributed by atoms with van der Waals surface area (Å²) in [5.74, 6) is 2.08. The van der Waals surface area contributed by atoms with E-state index in [1.165, 1.54) is 37.1 Å². The molecule has 1 aliphatic heterocycles. The quantitative estimate of drug-likeness (QED) is 0.782. The molecule has 1 aliphatic rings. The SMILES string of the molecule is COc1ccc(CN(C)Cc2nccn2C)cc1CN1CCCC1. The maximum atomic E-state index is 5.56. The van der Waals surface area contributed by atoms with Crippen LogP contribution in [0.2, 0.25) is 0 Å². The molecule has 0 atom stereocenters. The van der Waals surface area contributed by atoms with Gasteiger partial charge in [-0.1, -0.05) is 6.07 Å². The van der Waals surface area contributed by atoms with E-state index in [0.29, 0.717) is 0 Å². The van der Waals surface area contributed by atoms with Crippen LogP contribution in [-0.2, 0) is 26.7 Å². The minimum atomic E-state index is 0.844. The molecule has 2 aromatic rings. The number of rotatable bonds is 7. The highest BCUT2D eigenvalue weighted by Crippen LogP contribution is 2.24. The summed E-state index contributed by atoms with van der Waals surface area (Å²) in [7, 11) is 5.94. The van der Waals surface area contributed by atoms with E-state index in [1.807, 2.05) is 19.4 Å². The zero-order valence-corrected chi connectivity index (χ0v) is 15.0. The highest BCUT2D eigenvalue weighted by atomic mass is 16.5. The van der Waals surface area contributed by atoms with Crippen LogP contribution < -0.4 is 4.74 Å². The monoisotopic (exact) mass is 328 g/mol. The molecule has 130 valence electrons. The van der Waals surface area contributed by atoms with E-state index in [0.717, 1.165) is 31.2 Å². The van der Waals surface area contributed by atoms with E-state index in [1.54, 1.807) is 7.11 Å². The van der Waals surface area contributed by atoms with Crippen LogP contribution in [0.5, 0.6) is 5.75 Å². The van der Waals surface area contributed by atoms with Crippen molar-refractivity contribution in [1.82, 2.24) is 19.4 Å². The van der Waals surface area contributed by atoms with Crippen molar-refractivity contribution in [2.45, 2.75) is 32.5 Å². The van der Waals surface area contributed by atoms with Gasteiger partial charge >= 0.3 is 0 Å². The lowest BCUT2D eigenvalue weighted by Crippen LogP contribution is -2.21. The molecule has 0 bridgehead atoms. The fourth-order valence-corrected chi connectivity index (χ4v) is 3.39. The second-order valence-electron chi connectivity index (χ2n) is 6.76. The maximum absolute atomic E-state index is 5.56. The molecule has 0 saturated carbocycles. The van der Waals surface area contributed by atoms with Crippen LogP contribution in [0.25, 0.3) is 0 Å². The minimum absolute atomic E-state index is 0.844. The lowest BCUT2D eigenvalue weighted by atomic mass is 10.1. The Balaban J connectivity index is 1.67. The third kappa shape index (κ3) is 4.16. The predicted octanol–water partition coefficient (Wildman–Crippen LogP) is 2.66. The van der Waals surface area contributed by atoms with Gasteiger partial charge in [-0.25, -0.2) is 4.98 Å². The summed E-state index contributed by atoms with van der Waals surface area (Å²) in [5, 5.41) is 0. The molecule has 0 aliphatic carbocycles. The van der Waals surface area contributed by atoms with Gasteiger partial charge in [0.05, 0.1) is 13.7 Å². The smallest absolute Gasteiger partial charge is 0.123 e. The van der Waals surface area contributed by atoms with Crippen LogP contribution in [0.4, 0.5) is 0 Å². The van der Waals surface area contributed by atoms with Gasteiger partial charge in [0.2, 0.25) is 0 Å². The molecule has 5 heteroatoms. The zero-order chi connectivity index (χ0) is 16.9. The molecule has 5 nitrogen and oxygen atoms in total. The topological polar surface area (TPSA) is 33.5 Å². The molecule has 24 heavy (non-hydrogen) atoms. The number of benzene rings is 1. The van der Waals surface area contributed by atoms with Crippen molar-refractivity contribution in [2.24, 2.45) is 7.05 Å². The molecular formula is C19H28N4O. The molecule has 1 aromatic heterocycles. The van der Waals surface area contributed by atoms with Gasteiger partial charge in [-0.3, -0.25) is 9.80 Å². The number of aryl methyl sites for hydroxylation is 1. The van der Waals surface area contributed by atoms with E-state index in [2.05, 4.69) is 44.6 Å². The standard InChI is InChI=1S/C19H28N4O/c1-21(15-19-20-8-11-22(19)2)13-16-6-7-18(24-3)17(12-16)14-23-9-4-5-10-23/h6-8,11-12H,4-5,9-10,13-15H2,1-3H3. The predicted molar refractivity (Wildman–Crippen MR) is 95.9 cm³/mol. The van der Waals surface area contributed by atoms with Crippen LogP contribution in [0, 0.1) is 0 Å². The van der Waals surface area contributed by atoms with Gasteiger partial charge in [0, 0.05) is 38.1 Å². The summed E-state index contributed by atoms with van der Waals surface area (Å²) in [5.41, 5.74) is 2.61. The van der Waals surface area contributed by atoms with Crippen LogP contribution in [0.15, 0.2) is 30.6 Å². The van der Waals surface area contributed by atoms with E-state index in [-0.39, 0.29) is 0 Å². The molecule has 1 saturated heterocycles. The number of nitrogens with zero attached hydrogens (tertiary/aromatic N) is 4. The molecule has 3 rings (SSSR count). The van der Waals surface area contributed by atoms with E-state index < -0.39 is 0 Å². The molecule has 2 heterocycles. The first kappa shape index (κ1) is 17.0. The molecule has 0 spiro atoms. The van der Waals surface area contributed by atoms with Crippen molar-refractivity contribution in [1.29, 1.82) is 0 Å². The van der Waals surface area contributed by atoms with Crippen molar-refractivity contribution in [3.8, 4) is 5.75 Å². The van der Waals surface area contributed by atoms with Crippen molar-refractivity contribution in [2.75, 3.05) is 27.2 Å². The average molecular weight is 328 g/mol. The molecular weight excluding hydrogens is 300 g/mol. The van der Waals surface area contributed by atoms with E-state index in [9.17, 15) is 0 Å². The van der Waals surface area contributed by atoms with Crippen LogP contribution in [-0.4, -0.2) is 46.6 Å². The lowest BCUT2D eigenvalue weighted by molar-refractivity contribution is 0.304. The Labute approximate surface area is 144 Å². The Hall–Kier alpha value is -1.85. The number of hydrogen-bond acceptors (Lipinski definition) is 4. The molecule has 0 unspecified atom stereocenters. The van der Waals surface area contributed by atoms with Crippen LogP contribution in [0.1, 0.15) is 29.8 Å². The third-order valence-electron chi connectivity index (χ3n) is 4.72. The Morgan fingerprint density at radius 1 is 1.21 bits per heavy atom. The third-order valence-corrected chi connectivity index (χ3v) is 4.72. The second-order valence-corrected chi connectivity index (χ2v) is 6.76. The number of aromatic nitrogens is 2. The van der Waals surface area contributed by atoms with Gasteiger partial charge in [0.15, 0.2) is 0 Å². The Morgan fingerprint density at radius 2 is 2.00 bits per heavy atom. The Bertz CT molecular complexity index is 661. The zero-order valence-electron chi connectivity index (χ0n) is 15.0. The fourth-order valence-electron chi connectivity index (χ4n) is 3.39. The molecule has 0 amide bonds. The van der Waals surface area contributed by atoms with Gasteiger partial charge < -0.3 is 9.30 Å².